The van der Waals surface area contributed by atoms with E-state index in [1.807, 2.05) is 19.9 Å². The number of hydrogen-bond donors (Lipinski definition) is 2. The number of halogens is 1. The number of fused-ring (bicyclic) bond motifs is 1. The number of nitrogens with one attached hydrogen (secondary N) is 1. The average molecular weight is 400 g/mol. The first-order chi connectivity index (χ1) is 10.8. The molecule has 3 rings (SSSR count). The Morgan fingerprint density at radius 2 is 2.26 bits per heavy atom. The predicted molar refractivity (Wildman–Crippen MR) is 92.8 cm³/mol. The molecule has 2 heterocycles. The van der Waals surface area contributed by atoms with E-state index in [1.54, 1.807) is 0 Å². The van der Waals surface area contributed by atoms with Crippen molar-refractivity contribution in [2.24, 2.45) is 0 Å². The third-order valence-electron chi connectivity index (χ3n) is 3.95. The lowest BCUT2D eigenvalue weighted by Gasteiger charge is -2.31. The molecule has 124 valence electrons. The molecule has 1 saturated carbocycles. The van der Waals surface area contributed by atoms with E-state index < -0.39 is 0 Å². The molecular formula is C15H18BrN3O3S. The normalized spacial score (nSPS) is 20.7. The molecule has 8 heteroatoms. The van der Waals surface area contributed by atoms with E-state index in [1.165, 1.54) is 16.0 Å². The summed E-state index contributed by atoms with van der Waals surface area (Å²) in [5.74, 6) is -0.100. The molecular weight excluding hydrogens is 382 g/mol. The smallest absolute Gasteiger partial charge is 0.285 e. The number of aliphatic hydroxyl groups is 1. The van der Waals surface area contributed by atoms with Crippen LogP contribution in [0.4, 0.5) is 0 Å². The van der Waals surface area contributed by atoms with Crippen LogP contribution in [0.2, 0.25) is 0 Å². The van der Waals surface area contributed by atoms with Gasteiger partial charge in [0.1, 0.15) is 11.2 Å². The summed E-state index contributed by atoms with van der Waals surface area (Å²) in [4.78, 5) is 24.6. The molecule has 2 aromatic rings. The number of carbonyl (C=O) groups is 1. The predicted octanol–water partition coefficient (Wildman–Crippen LogP) is 1.98. The molecule has 6 nitrogen and oxygen atoms in total. The van der Waals surface area contributed by atoms with Crippen molar-refractivity contribution in [3.8, 4) is 0 Å². The zero-order chi connectivity index (χ0) is 16.7. The maximum absolute atomic E-state index is 12.5. The van der Waals surface area contributed by atoms with Crippen molar-refractivity contribution in [2.75, 3.05) is 0 Å². The molecule has 1 aliphatic carbocycles. The third kappa shape index (κ3) is 3.34. The van der Waals surface area contributed by atoms with E-state index in [4.69, 9.17) is 0 Å². The zero-order valence-electron chi connectivity index (χ0n) is 12.9. The minimum atomic E-state index is -0.325. The summed E-state index contributed by atoms with van der Waals surface area (Å²) in [7, 11) is 0. The van der Waals surface area contributed by atoms with E-state index in [9.17, 15) is 14.7 Å². The Morgan fingerprint density at radius 1 is 1.57 bits per heavy atom. The number of thiophene rings is 1. The van der Waals surface area contributed by atoms with Crippen molar-refractivity contribution >= 4 is 43.3 Å². The second-order valence-electron chi connectivity index (χ2n) is 6.19. The minimum absolute atomic E-state index is 0.00242. The minimum Gasteiger partial charge on any atom is -0.393 e. The molecule has 1 fully saturated rings. The SMILES string of the molecule is CC(C)c1nn(CC(=O)NC2CC(O)C2)c(=O)c2sc(Br)cc12. The van der Waals surface area contributed by atoms with E-state index in [0.717, 1.165) is 14.9 Å². The molecule has 0 radical (unpaired) electrons. The lowest BCUT2D eigenvalue weighted by molar-refractivity contribution is -0.123. The van der Waals surface area contributed by atoms with Gasteiger partial charge < -0.3 is 10.4 Å². The van der Waals surface area contributed by atoms with Gasteiger partial charge in [0, 0.05) is 11.4 Å². The Kier molecular flexibility index (Phi) is 4.57. The zero-order valence-corrected chi connectivity index (χ0v) is 15.3. The van der Waals surface area contributed by atoms with E-state index in [-0.39, 0.29) is 36.1 Å². The summed E-state index contributed by atoms with van der Waals surface area (Å²) < 4.78 is 2.73. The molecule has 0 saturated heterocycles. The first kappa shape index (κ1) is 16.6. The van der Waals surface area contributed by atoms with Gasteiger partial charge >= 0.3 is 0 Å². The quantitative estimate of drug-likeness (QED) is 0.822. The molecule has 1 aliphatic rings. The molecule has 2 N–H and O–H groups in total. The molecule has 0 bridgehead atoms. The van der Waals surface area contributed by atoms with Crippen LogP contribution < -0.4 is 10.9 Å². The van der Waals surface area contributed by atoms with E-state index in [0.29, 0.717) is 17.5 Å². The van der Waals surface area contributed by atoms with Gasteiger partial charge in [0.2, 0.25) is 5.91 Å². The second kappa shape index (κ2) is 6.33. The van der Waals surface area contributed by atoms with Crippen LogP contribution >= 0.6 is 27.3 Å². The summed E-state index contributed by atoms with van der Waals surface area (Å²) in [5.41, 5.74) is 0.567. The van der Waals surface area contributed by atoms with Crippen LogP contribution in [0.3, 0.4) is 0 Å². The highest BCUT2D eigenvalue weighted by atomic mass is 79.9. The van der Waals surface area contributed by atoms with Crippen molar-refractivity contribution in [1.82, 2.24) is 15.1 Å². The fraction of sp³-hybridized carbons (Fsp3) is 0.533. The van der Waals surface area contributed by atoms with E-state index in [2.05, 4.69) is 26.3 Å². The fourth-order valence-electron chi connectivity index (χ4n) is 2.71. The average Bonchev–Trinajstić information content (AvgIpc) is 2.82. The van der Waals surface area contributed by atoms with Crippen LogP contribution in [0.5, 0.6) is 0 Å². The van der Waals surface area contributed by atoms with Gasteiger partial charge in [-0.15, -0.1) is 11.3 Å². The van der Waals surface area contributed by atoms with Crippen molar-refractivity contribution in [1.29, 1.82) is 0 Å². The number of carbonyl (C=O) groups excluding carboxylic acids is 1. The summed E-state index contributed by atoms with van der Waals surface area (Å²) in [5, 5.41) is 17.3. The van der Waals surface area contributed by atoms with Gasteiger partial charge in [-0.3, -0.25) is 9.59 Å². The monoisotopic (exact) mass is 399 g/mol. The molecule has 1 amide bonds. The molecule has 0 spiro atoms. The van der Waals surface area contributed by atoms with Crippen molar-refractivity contribution in [3.05, 3.63) is 25.9 Å². The van der Waals surface area contributed by atoms with Gasteiger partial charge in [0.15, 0.2) is 0 Å². The van der Waals surface area contributed by atoms with Gasteiger partial charge in [0.05, 0.1) is 15.6 Å². The summed E-state index contributed by atoms with van der Waals surface area (Å²) >= 11 is 4.77. The summed E-state index contributed by atoms with van der Waals surface area (Å²) in [6, 6.07) is 1.90. The lowest BCUT2D eigenvalue weighted by atomic mass is 9.89. The first-order valence-corrected chi connectivity index (χ1v) is 9.13. The number of aromatic nitrogens is 2. The number of rotatable bonds is 4. The van der Waals surface area contributed by atoms with Crippen LogP contribution in [0.25, 0.3) is 10.1 Å². The Labute approximate surface area is 145 Å². The Hall–Kier alpha value is -1.25. The Balaban J connectivity index is 1.89. The second-order valence-corrected chi connectivity index (χ2v) is 8.62. The van der Waals surface area contributed by atoms with Crippen LogP contribution in [0.1, 0.15) is 38.3 Å². The highest BCUT2D eigenvalue weighted by Gasteiger charge is 2.28. The Bertz CT molecular complexity index is 808. The molecule has 23 heavy (non-hydrogen) atoms. The lowest BCUT2D eigenvalue weighted by Crippen LogP contribution is -2.48. The maximum Gasteiger partial charge on any atom is 0.285 e. The van der Waals surface area contributed by atoms with Crippen molar-refractivity contribution < 1.29 is 9.90 Å². The third-order valence-corrected chi connectivity index (χ3v) is 5.58. The van der Waals surface area contributed by atoms with Crippen LogP contribution in [0, 0.1) is 0 Å². The Morgan fingerprint density at radius 3 is 2.87 bits per heavy atom. The van der Waals surface area contributed by atoms with Crippen LogP contribution in [-0.4, -0.2) is 32.9 Å². The van der Waals surface area contributed by atoms with Crippen LogP contribution in [0.15, 0.2) is 14.6 Å². The largest absolute Gasteiger partial charge is 0.393 e. The highest BCUT2D eigenvalue weighted by molar-refractivity contribution is 9.11. The van der Waals surface area contributed by atoms with Gasteiger partial charge in [-0.25, -0.2) is 4.68 Å². The molecule has 0 atom stereocenters. The standard InChI is InChI=1S/C15H18BrN3O3S/c1-7(2)13-10-5-11(16)23-14(10)15(22)19(18-13)6-12(21)17-8-3-9(20)4-8/h5,7-9,20H,3-4,6H2,1-2H3,(H,17,21). The molecule has 0 unspecified atom stereocenters. The molecule has 2 aromatic heterocycles. The molecule has 0 aromatic carbocycles. The number of nitrogens with zero attached hydrogens (tertiary/aromatic N) is 2. The van der Waals surface area contributed by atoms with Gasteiger partial charge in [-0.2, -0.15) is 5.10 Å². The number of aliphatic hydroxyl groups excluding tert-OH is 1. The van der Waals surface area contributed by atoms with Gasteiger partial charge in [-0.1, -0.05) is 13.8 Å². The van der Waals surface area contributed by atoms with Crippen molar-refractivity contribution in [2.45, 2.75) is 51.3 Å². The fourth-order valence-corrected chi connectivity index (χ4v) is 4.26. The van der Waals surface area contributed by atoms with Crippen molar-refractivity contribution in [3.63, 3.8) is 0 Å². The first-order valence-electron chi connectivity index (χ1n) is 7.52. The highest BCUT2D eigenvalue weighted by Crippen LogP contribution is 2.31. The number of hydrogen-bond acceptors (Lipinski definition) is 5. The maximum atomic E-state index is 12.5. The summed E-state index contributed by atoms with van der Waals surface area (Å²) in [6.45, 7) is 3.92. The van der Waals surface area contributed by atoms with Gasteiger partial charge in [0.25, 0.3) is 5.56 Å². The topological polar surface area (TPSA) is 84.2 Å². The molecule has 0 aliphatic heterocycles. The van der Waals surface area contributed by atoms with Crippen LogP contribution in [-0.2, 0) is 11.3 Å². The van der Waals surface area contributed by atoms with E-state index >= 15 is 0 Å². The number of amides is 1. The summed E-state index contributed by atoms with van der Waals surface area (Å²) in [6.07, 6.45) is 0.818. The van der Waals surface area contributed by atoms with Gasteiger partial charge in [-0.05, 0) is 40.8 Å².